The molecule has 8 heteroatoms. The Labute approximate surface area is 236 Å². The first kappa shape index (κ1) is 26.3. The number of benzene rings is 2. The van der Waals surface area contributed by atoms with Crippen molar-refractivity contribution in [1.29, 1.82) is 5.41 Å². The number of ether oxygens (including phenoxy) is 1. The first-order valence-electron chi connectivity index (χ1n) is 14.2. The molecule has 208 valence electrons. The van der Waals surface area contributed by atoms with Crippen LogP contribution in [0.3, 0.4) is 0 Å². The summed E-state index contributed by atoms with van der Waals surface area (Å²) in [6.45, 7) is 10.5. The summed E-state index contributed by atoms with van der Waals surface area (Å²) in [6, 6.07) is 18.6. The molecule has 40 heavy (non-hydrogen) atoms. The molecule has 6 rings (SSSR count). The summed E-state index contributed by atoms with van der Waals surface area (Å²) in [7, 11) is 0. The van der Waals surface area contributed by atoms with Gasteiger partial charge >= 0.3 is 6.09 Å². The molecule has 0 atom stereocenters. The zero-order valence-corrected chi connectivity index (χ0v) is 23.7. The maximum absolute atomic E-state index is 12.5. The minimum atomic E-state index is -0.471. The number of amides is 1. The number of likely N-dealkylation sites (tertiary alicyclic amines) is 1. The van der Waals surface area contributed by atoms with Crippen molar-refractivity contribution in [3.05, 3.63) is 77.7 Å². The highest BCUT2D eigenvalue weighted by Gasteiger charge is 2.47. The summed E-state index contributed by atoms with van der Waals surface area (Å²) in [4.78, 5) is 28.2. The SMILES string of the molecule is CC(C)(C)OC(=O)N1CCC2(CC1)CN(c1ncnc3c1CN(C(=N)c1ccc(-c4ccccc4)cc1)CC3)C2. The van der Waals surface area contributed by atoms with E-state index >= 15 is 0 Å². The lowest BCUT2D eigenvalue weighted by atomic mass is 9.72. The Hall–Kier alpha value is -3.94. The van der Waals surface area contributed by atoms with Crippen molar-refractivity contribution in [1.82, 2.24) is 19.8 Å². The lowest BCUT2D eigenvalue weighted by molar-refractivity contribution is 0.00586. The van der Waals surface area contributed by atoms with Crippen molar-refractivity contribution in [2.45, 2.75) is 52.2 Å². The fourth-order valence-electron chi connectivity index (χ4n) is 6.14. The Bertz CT molecular complexity index is 1380. The number of nitrogens with zero attached hydrogens (tertiary/aromatic N) is 5. The van der Waals surface area contributed by atoms with Crippen LogP contribution in [0.4, 0.5) is 10.6 Å². The van der Waals surface area contributed by atoms with Gasteiger partial charge in [0.05, 0.1) is 5.69 Å². The van der Waals surface area contributed by atoms with E-state index in [9.17, 15) is 4.79 Å². The lowest BCUT2D eigenvalue weighted by Gasteiger charge is -2.54. The van der Waals surface area contributed by atoms with Crippen LogP contribution in [0.1, 0.15) is 50.4 Å². The largest absolute Gasteiger partial charge is 0.444 e. The van der Waals surface area contributed by atoms with Crippen LogP contribution in [0.15, 0.2) is 60.9 Å². The van der Waals surface area contributed by atoms with Crippen molar-refractivity contribution in [3.63, 3.8) is 0 Å². The Kier molecular flexibility index (Phi) is 6.72. The van der Waals surface area contributed by atoms with Crippen molar-refractivity contribution in [3.8, 4) is 11.1 Å². The number of anilines is 1. The van der Waals surface area contributed by atoms with Gasteiger partial charge in [-0.25, -0.2) is 14.8 Å². The number of hydrogen-bond acceptors (Lipinski definition) is 6. The summed E-state index contributed by atoms with van der Waals surface area (Å²) >= 11 is 0. The average molecular weight is 539 g/mol. The molecule has 1 aromatic heterocycles. The zero-order valence-electron chi connectivity index (χ0n) is 23.7. The van der Waals surface area contributed by atoms with Crippen molar-refractivity contribution in [2.75, 3.05) is 37.6 Å². The molecular weight excluding hydrogens is 500 g/mol. The monoisotopic (exact) mass is 538 g/mol. The van der Waals surface area contributed by atoms with Gasteiger partial charge in [0, 0.05) is 62.2 Å². The maximum Gasteiger partial charge on any atom is 0.410 e. The summed E-state index contributed by atoms with van der Waals surface area (Å²) in [5, 5.41) is 8.97. The zero-order chi connectivity index (χ0) is 27.9. The van der Waals surface area contributed by atoms with Gasteiger partial charge < -0.3 is 19.4 Å². The fourth-order valence-corrected chi connectivity index (χ4v) is 6.14. The number of rotatable bonds is 3. The van der Waals surface area contributed by atoms with Crippen LogP contribution in [0.2, 0.25) is 0 Å². The fraction of sp³-hybridized carbons (Fsp3) is 0.438. The van der Waals surface area contributed by atoms with E-state index < -0.39 is 5.60 Å². The van der Waals surface area contributed by atoms with Crippen molar-refractivity contribution >= 4 is 17.7 Å². The molecule has 1 N–H and O–H groups in total. The summed E-state index contributed by atoms with van der Waals surface area (Å²) < 4.78 is 5.57. The summed E-state index contributed by atoms with van der Waals surface area (Å²) in [6.07, 6.45) is 4.24. The molecule has 1 spiro atoms. The molecule has 0 radical (unpaired) electrons. The Morgan fingerprint density at radius 1 is 0.900 bits per heavy atom. The molecule has 4 heterocycles. The second kappa shape index (κ2) is 10.2. The van der Waals surface area contributed by atoms with Gasteiger partial charge in [-0.3, -0.25) is 5.41 Å². The highest BCUT2D eigenvalue weighted by molar-refractivity contribution is 5.97. The van der Waals surface area contributed by atoms with Gasteiger partial charge in [0.1, 0.15) is 23.6 Å². The van der Waals surface area contributed by atoms with Crippen molar-refractivity contribution in [2.24, 2.45) is 5.41 Å². The first-order chi connectivity index (χ1) is 19.2. The third-order valence-electron chi connectivity index (χ3n) is 8.39. The van der Waals surface area contributed by atoms with Crippen LogP contribution in [0, 0.1) is 10.8 Å². The lowest BCUT2D eigenvalue weighted by Crippen LogP contribution is -2.61. The molecular formula is C32H38N6O2. The van der Waals surface area contributed by atoms with E-state index in [1.165, 1.54) is 5.56 Å². The van der Waals surface area contributed by atoms with E-state index in [4.69, 9.17) is 15.1 Å². The minimum Gasteiger partial charge on any atom is -0.444 e. The number of piperidine rings is 1. The van der Waals surface area contributed by atoms with E-state index in [1.54, 1.807) is 6.33 Å². The Balaban J connectivity index is 1.10. The molecule has 3 aliphatic heterocycles. The van der Waals surface area contributed by atoms with E-state index in [0.717, 1.165) is 80.2 Å². The van der Waals surface area contributed by atoms with Gasteiger partial charge in [-0.1, -0.05) is 54.6 Å². The average Bonchev–Trinajstić information content (AvgIpc) is 2.95. The molecule has 0 bridgehead atoms. The number of fused-ring (bicyclic) bond motifs is 1. The predicted octanol–water partition coefficient (Wildman–Crippen LogP) is 5.36. The van der Waals surface area contributed by atoms with Crippen LogP contribution in [-0.4, -0.2) is 70.0 Å². The van der Waals surface area contributed by atoms with Crippen LogP contribution < -0.4 is 4.90 Å². The summed E-state index contributed by atoms with van der Waals surface area (Å²) in [5.74, 6) is 1.54. The van der Waals surface area contributed by atoms with Gasteiger partial charge in [-0.05, 0) is 44.7 Å². The van der Waals surface area contributed by atoms with Crippen LogP contribution in [0.25, 0.3) is 11.1 Å². The second-order valence-electron chi connectivity index (χ2n) is 12.4. The van der Waals surface area contributed by atoms with Crippen molar-refractivity contribution < 1.29 is 9.53 Å². The highest BCUT2D eigenvalue weighted by Crippen LogP contribution is 2.43. The third kappa shape index (κ3) is 5.27. The van der Waals surface area contributed by atoms with E-state index in [-0.39, 0.29) is 11.5 Å². The van der Waals surface area contributed by atoms with Crippen LogP contribution in [0.5, 0.6) is 0 Å². The van der Waals surface area contributed by atoms with Crippen LogP contribution in [-0.2, 0) is 17.7 Å². The van der Waals surface area contributed by atoms with Gasteiger partial charge in [0.2, 0.25) is 0 Å². The molecule has 0 aliphatic carbocycles. The van der Waals surface area contributed by atoms with E-state index in [2.05, 4.69) is 39.0 Å². The smallest absolute Gasteiger partial charge is 0.410 e. The number of carbonyl (C=O) groups excluding carboxylic acids is 1. The first-order valence-corrected chi connectivity index (χ1v) is 14.2. The number of amidine groups is 1. The molecule has 8 nitrogen and oxygen atoms in total. The summed E-state index contributed by atoms with van der Waals surface area (Å²) in [5.41, 5.74) is 5.23. The molecule has 2 aromatic carbocycles. The topological polar surface area (TPSA) is 85.7 Å². The normalized spacial score (nSPS) is 18.2. The number of nitrogens with one attached hydrogen (secondary N) is 1. The highest BCUT2D eigenvalue weighted by atomic mass is 16.6. The second-order valence-corrected chi connectivity index (χ2v) is 12.4. The van der Waals surface area contributed by atoms with Gasteiger partial charge in [-0.2, -0.15) is 0 Å². The molecule has 3 aromatic rings. The third-order valence-corrected chi connectivity index (χ3v) is 8.39. The quantitative estimate of drug-likeness (QED) is 0.357. The number of carbonyl (C=O) groups is 1. The molecule has 1 amide bonds. The van der Waals surface area contributed by atoms with Crippen LogP contribution >= 0.6 is 0 Å². The minimum absolute atomic E-state index is 0.208. The van der Waals surface area contributed by atoms with Gasteiger partial charge in [0.25, 0.3) is 0 Å². The maximum atomic E-state index is 12.5. The predicted molar refractivity (Wildman–Crippen MR) is 157 cm³/mol. The molecule has 0 unspecified atom stereocenters. The molecule has 0 saturated carbocycles. The standard InChI is InChI=1S/C32H38N6O2/c1-31(2,3)40-30(39)36-17-14-32(15-18-36)20-38(21-32)29-26-19-37(16-13-27(26)34-22-35-29)28(33)25-11-9-24(10-12-25)23-7-5-4-6-8-23/h4-12,22,33H,13-21H2,1-3H3. The Morgan fingerprint density at radius 3 is 2.25 bits per heavy atom. The van der Waals surface area contributed by atoms with E-state index in [1.807, 2.05) is 56.0 Å². The molecule has 2 saturated heterocycles. The number of aromatic nitrogens is 2. The molecule has 3 aliphatic rings. The molecule has 2 fully saturated rings. The number of hydrogen-bond donors (Lipinski definition) is 1. The van der Waals surface area contributed by atoms with Gasteiger partial charge in [-0.15, -0.1) is 0 Å². The van der Waals surface area contributed by atoms with Gasteiger partial charge in [0.15, 0.2) is 0 Å². The van der Waals surface area contributed by atoms with E-state index in [0.29, 0.717) is 12.4 Å². The Morgan fingerprint density at radius 2 is 1.57 bits per heavy atom.